The predicted molar refractivity (Wildman–Crippen MR) is 55.5 cm³/mol. The lowest BCUT2D eigenvalue weighted by molar-refractivity contribution is -0.121. The Labute approximate surface area is 89.0 Å². The third kappa shape index (κ3) is 1.27. The van der Waals surface area contributed by atoms with Gasteiger partial charge in [0.05, 0.1) is 0 Å². The van der Waals surface area contributed by atoms with E-state index in [2.05, 4.69) is 0 Å². The van der Waals surface area contributed by atoms with Crippen LogP contribution in [0.15, 0.2) is 22.3 Å². The molecular formula is C12H18O. The summed E-state index contributed by atoms with van der Waals surface area (Å²) in [7, 11) is 0. The van der Waals surface area contributed by atoms with Crippen molar-refractivity contribution in [2.24, 2.45) is 5.41 Å². The van der Waals surface area contributed by atoms with Gasteiger partial charge in [-0.05, 0) is 58.1 Å². The minimum atomic E-state index is -2.49. The molecule has 0 bridgehead atoms. The van der Waals surface area contributed by atoms with E-state index in [0.29, 0.717) is 0 Å². The second-order valence-electron chi connectivity index (χ2n) is 3.95. The molecule has 1 nitrogen and oxygen atoms in total. The van der Waals surface area contributed by atoms with Crippen LogP contribution in [-0.4, -0.2) is 5.78 Å². The SMILES string of the molecule is [2H]C([2H])([2H])C1=C(C)C(=O)C(C)(C)C(C([2H])([2H])[2H])=C1C. The largest absolute Gasteiger partial charge is 0.294 e. The Kier molecular flexibility index (Phi) is 0.998. The quantitative estimate of drug-likeness (QED) is 0.564. The van der Waals surface area contributed by atoms with Crippen LogP contribution in [0.1, 0.15) is 49.6 Å². The highest BCUT2D eigenvalue weighted by atomic mass is 16.1. The van der Waals surface area contributed by atoms with Gasteiger partial charge in [-0.2, -0.15) is 0 Å². The van der Waals surface area contributed by atoms with Gasteiger partial charge in [0.25, 0.3) is 0 Å². The van der Waals surface area contributed by atoms with Gasteiger partial charge in [0.1, 0.15) is 0 Å². The van der Waals surface area contributed by atoms with Crippen molar-refractivity contribution in [1.82, 2.24) is 0 Å². The Morgan fingerprint density at radius 2 is 1.69 bits per heavy atom. The van der Waals surface area contributed by atoms with E-state index in [-0.39, 0.29) is 22.3 Å². The van der Waals surface area contributed by atoms with Crippen LogP contribution in [-0.2, 0) is 4.79 Å². The molecular weight excluding hydrogens is 160 g/mol. The molecule has 0 spiro atoms. The number of Topliss-reactive ketones (excluding diaryl/α,β-unsaturated/α-hetero) is 1. The number of hydrogen-bond acceptors (Lipinski definition) is 1. The Bertz CT molecular complexity index is 487. The van der Waals surface area contributed by atoms with Crippen LogP contribution in [0.3, 0.4) is 0 Å². The molecule has 0 saturated heterocycles. The molecule has 0 N–H and O–H groups in total. The topological polar surface area (TPSA) is 17.1 Å². The number of carbonyl (C=O) groups is 1. The van der Waals surface area contributed by atoms with Gasteiger partial charge in [-0.3, -0.25) is 4.79 Å². The van der Waals surface area contributed by atoms with E-state index in [0.717, 1.165) is 0 Å². The van der Waals surface area contributed by atoms with Crippen molar-refractivity contribution in [2.45, 2.75) is 41.4 Å². The lowest BCUT2D eigenvalue weighted by Gasteiger charge is -2.32. The summed E-state index contributed by atoms with van der Waals surface area (Å²) in [6.07, 6.45) is 0. The molecule has 0 aromatic rings. The Balaban J connectivity index is 3.75. The molecule has 0 atom stereocenters. The van der Waals surface area contributed by atoms with Gasteiger partial charge in [-0.15, -0.1) is 0 Å². The first-order valence-corrected chi connectivity index (χ1v) is 4.20. The normalized spacial score (nSPS) is 31.5. The van der Waals surface area contributed by atoms with Crippen molar-refractivity contribution in [3.8, 4) is 0 Å². The van der Waals surface area contributed by atoms with E-state index in [1.165, 1.54) is 27.7 Å². The maximum atomic E-state index is 12.3. The van der Waals surface area contributed by atoms with Crippen LogP contribution in [0, 0.1) is 5.41 Å². The first-order chi connectivity index (χ1) is 8.22. The molecule has 0 radical (unpaired) electrons. The van der Waals surface area contributed by atoms with Crippen LogP contribution in [0.25, 0.3) is 0 Å². The monoisotopic (exact) mass is 184 g/mol. The average molecular weight is 184 g/mol. The maximum Gasteiger partial charge on any atom is 0.168 e. The first-order valence-electron chi connectivity index (χ1n) is 7.20. The summed E-state index contributed by atoms with van der Waals surface area (Å²) in [5.74, 6) is -0.435. The molecule has 1 aliphatic rings. The summed E-state index contributed by atoms with van der Waals surface area (Å²) in [4.78, 5) is 12.3. The number of allylic oxidation sites excluding steroid dienone is 4. The third-order valence-electron chi connectivity index (χ3n) is 2.66. The lowest BCUT2D eigenvalue weighted by atomic mass is 9.70. The fourth-order valence-electron chi connectivity index (χ4n) is 1.57. The molecule has 1 heteroatoms. The predicted octanol–water partition coefficient (Wildman–Crippen LogP) is 3.27. The van der Waals surface area contributed by atoms with Crippen molar-refractivity contribution in [3.63, 3.8) is 0 Å². The molecule has 0 aliphatic heterocycles. The van der Waals surface area contributed by atoms with Crippen LogP contribution < -0.4 is 0 Å². The summed E-state index contributed by atoms with van der Waals surface area (Å²) in [6.45, 7) is 1.00. The Morgan fingerprint density at radius 1 is 1.08 bits per heavy atom. The van der Waals surface area contributed by atoms with E-state index in [1.54, 1.807) is 0 Å². The smallest absolute Gasteiger partial charge is 0.168 e. The average Bonchev–Trinajstić information content (AvgIpc) is 2.09. The molecule has 0 heterocycles. The number of rotatable bonds is 0. The van der Waals surface area contributed by atoms with Crippen molar-refractivity contribution < 1.29 is 13.0 Å². The zero-order chi connectivity index (χ0) is 15.4. The molecule has 0 unspecified atom stereocenters. The van der Waals surface area contributed by atoms with Crippen LogP contribution in [0.4, 0.5) is 0 Å². The van der Waals surface area contributed by atoms with E-state index < -0.39 is 24.9 Å². The van der Waals surface area contributed by atoms with E-state index in [4.69, 9.17) is 8.22 Å². The second kappa shape index (κ2) is 2.83. The summed E-state index contributed by atoms with van der Waals surface area (Å²) in [5.41, 5.74) is -1.06. The van der Waals surface area contributed by atoms with Gasteiger partial charge in [0, 0.05) is 13.6 Å². The first kappa shape index (κ1) is 4.59. The molecule has 0 amide bonds. The molecule has 0 fully saturated rings. The van der Waals surface area contributed by atoms with Gasteiger partial charge in [0.15, 0.2) is 5.78 Å². The van der Waals surface area contributed by atoms with Gasteiger partial charge in [0.2, 0.25) is 0 Å². The highest BCUT2D eigenvalue weighted by Crippen LogP contribution is 2.39. The van der Waals surface area contributed by atoms with Crippen LogP contribution in [0.2, 0.25) is 0 Å². The summed E-state index contributed by atoms with van der Waals surface area (Å²) >= 11 is 0. The third-order valence-corrected chi connectivity index (χ3v) is 2.66. The fourth-order valence-corrected chi connectivity index (χ4v) is 1.57. The van der Waals surface area contributed by atoms with Crippen molar-refractivity contribution in [3.05, 3.63) is 22.3 Å². The molecule has 0 aromatic carbocycles. The molecule has 72 valence electrons. The van der Waals surface area contributed by atoms with Crippen molar-refractivity contribution in [2.75, 3.05) is 0 Å². The van der Waals surface area contributed by atoms with Gasteiger partial charge >= 0.3 is 0 Å². The van der Waals surface area contributed by atoms with E-state index in [9.17, 15) is 4.79 Å². The van der Waals surface area contributed by atoms with Crippen molar-refractivity contribution >= 4 is 5.78 Å². The fraction of sp³-hybridized carbons (Fsp3) is 0.583. The number of hydrogen-bond donors (Lipinski definition) is 0. The minimum absolute atomic E-state index is 0.0678. The van der Waals surface area contributed by atoms with Gasteiger partial charge in [-0.25, -0.2) is 0 Å². The highest BCUT2D eigenvalue weighted by Gasteiger charge is 2.35. The van der Waals surface area contributed by atoms with Crippen LogP contribution >= 0.6 is 0 Å². The zero-order valence-electron chi connectivity index (χ0n) is 14.4. The zero-order valence-corrected chi connectivity index (χ0v) is 8.41. The molecule has 13 heavy (non-hydrogen) atoms. The molecule has 1 aliphatic carbocycles. The molecule has 0 aromatic heterocycles. The van der Waals surface area contributed by atoms with Gasteiger partial charge in [-0.1, -0.05) is 5.57 Å². The van der Waals surface area contributed by atoms with Gasteiger partial charge < -0.3 is 0 Å². The van der Waals surface area contributed by atoms with Crippen LogP contribution in [0.5, 0.6) is 0 Å². The maximum absolute atomic E-state index is 12.3. The standard InChI is InChI=1S/C12H18O/c1-7-8(2)10(4)12(5,6)11(13)9(7)3/h1-6H3/i1D3,4D3. The minimum Gasteiger partial charge on any atom is -0.294 e. The number of ketones is 1. The summed E-state index contributed by atoms with van der Waals surface area (Å²) < 4.78 is 45.3. The highest BCUT2D eigenvalue weighted by molar-refractivity contribution is 6.03. The summed E-state index contributed by atoms with van der Waals surface area (Å²) in [6, 6.07) is 0. The second-order valence-corrected chi connectivity index (χ2v) is 3.95. The molecule has 0 saturated carbocycles. The molecule has 1 rings (SSSR count). The summed E-state index contributed by atoms with van der Waals surface area (Å²) in [5, 5.41) is 0. The van der Waals surface area contributed by atoms with E-state index in [1.807, 2.05) is 0 Å². The number of carbonyl (C=O) groups excluding carboxylic acids is 1. The van der Waals surface area contributed by atoms with E-state index >= 15 is 0 Å². The van der Waals surface area contributed by atoms with Crippen molar-refractivity contribution in [1.29, 1.82) is 0 Å². The Morgan fingerprint density at radius 3 is 2.15 bits per heavy atom. The Hall–Kier alpha value is -0.850. The lowest BCUT2D eigenvalue weighted by Crippen LogP contribution is -2.31.